The standard InChI is InChI=1S/C20H20ClNO2/c1-4-24-19(23)20(16-11-10-15(22-3)12-17(16)21)13(2)18(20)14-8-6-5-7-9-14/h5-12,22H,4H2,1-3H3. The average molecular weight is 342 g/mol. The number of hydrogen-bond acceptors (Lipinski definition) is 3. The molecule has 24 heavy (non-hydrogen) atoms. The Labute approximate surface area is 147 Å². The first kappa shape index (κ1) is 16.6. The van der Waals surface area contributed by atoms with Crippen molar-refractivity contribution in [3.63, 3.8) is 0 Å². The molecule has 0 radical (unpaired) electrons. The maximum Gasteiger partial charge on any atom is 0.325 e. The Morgan fingerprint density at radius 3 is 2.50 bits per heavy atom. The van der Waals surface area contributed by atoms with Crippen molar-refractivity contribution in [1.82, 2.24) is 0 Å². The van der Waals surface area contributed by atoms with Gasteiger partial charge in [-0.2, -0.15) is 0 Å². The Hall–Kier alpha value is -2.26. The molecule has 0 aromatic heterocycles. The Morgan fingerprint density at radius 1 is 1.21 bits per heavy atom. The number of nitrogens with one attached hydrogen (secondary N) is 1. The van der Waals surface area contributed by atoms with Crippen molar-refractivity contribution < 1.29 is 9.53 Å². The van der Waals surface area contributed by atoms with Crippen LogP contribution in [0, 0.1) is 0 Å². The largest absolute Gasteiger partial charge is 0.465 e. The van der Waals surface area contributed by atoms with Gasteiger partial charge in [-0.15, -0.1) is 0 Å². The lowest BCUT2D eigenvalue weighted by molar-refractivity contribution is -0.145. The van der Waals surface area contributed by atoms with E-state index in [0.717, 1.165) is 28.0 Å². The molecule has 124 valence electrons. The second-order valence-corrected chi connectivity index (χ2v) is 6.19. The lowest BCUT2D eigenvalue weighted by atomic mass is 9.86. The molecule has 2 aromatic rings. The first-order valence-electron chi connectivity index (χ1n) is 7.99. The maximum atomic E-state index is 12.9. The predicted octanol–water partition coefficient (Wildman–Crippen LogP) is 4.67. The average Bonchev–Trinajstić information content (AvgIpc) is 3.22. The lowest BCUT2D eigenvalue weighted by Crippen LogP contribution is -2.28. The van der Waals surface area contributed by atoms with E-state index in [1.807, 2.05) is 69.4 Å². The summed E-state index contributed by atoms with van der Waals surface area (Å²) in [5.41, 5.74) is 3.81. The van der Waals surface area contributed by atoms with Crippen LogP contribution in [-0.2, 0) is 14.9 Å². The van der Waals surface area contributed by atoms with Crippen LogP contribution in [0.25, 0.3) is 5.57 Å². The Bertz CT molecular complexity index is 814. The fourth-order valence-corrected chi connectivity index (χ4v) is 3.68. The Balaban J connectivity index is 2.12. The molecule has 0 heterocycles. The highest BCUT2D eigenvalue weighted by Crippen LogP contribution is 2.61. The van der Waals surface area contributed by atoms with E-state index in [-0.39, 0.29) is 5.97 Å². The van der Waals surface area contributed by atoms with Crippen LogP contribution in [0.15, 0.2) is 54.1 Å². The van der Waals surface area contributed by atoms with Gasteiger partial charge in [-0.05, 0) is 48.3 Å². The van der Waals surface area contributed by atoms with Gasteiger partial charge in [-0.1, -0.05) is 48.0 Å². The summed E-state index contributed by atoms with van der Waals surface area (Å²) in [6.07, 6.45) is 0. The van der Waals surface area contributed by atoms with E-state index >= 15 is 0 Å². The van der Waals surface area contributed by atoms with Crippen molar-refractivity contribution in [2.75, 3.05) is 19.0 Å². The maximum absolute atomic E-state index is 12.9. The summed E-state index contributed by atoms with van der Waals surface area (Å²) in [4.78, 5) is 12.9. The van der Waals surface area contributed by atoms with E-state index in [4.69, 9.17) is 16.3 Å². The Morgan fingerprint density at radius 2 is 1.92 bits per heavy atom. The van der Waals surface area contributed by atoms with E-state index in [0.29, 0.717) is 11.6 Å². The lowest BCUT2D eigenvalue weighted by Gasteiger charge is -2.21. The van der Waals surface area contributed by atoms with E-state index in [1.165, 1.54) is 0 Å². The number of rotatable bonds is 5. The zero-order valence-electron chi connectivity index (χ0n) is 14.0. The van der Waals surface area contributed by atoms with E-state index < -0.39 is 5.41 Å². The summed E-state index contributed by atoms with van der Waals surface area (Å²) in [5, 5.41) is 3.62. The fourth-order valence-electron chi connectivity index (χ4n) is 3.36. The van der Waals surface area contributed by atoms with Gasteiger partial charge in [0.2, 0.25) is 0 Å². The summed E-state index contributed by atoms with van der Waals surface area (Å²) >= 11 is 6.52. The number of carbonyl (C=O) groups is 1. The molecule has 3 rings (SSSR count). The SMILES string of the molecule is CCOC(=O)C1(c2ccc(NC)cc2Cl)C(C)=C1c1ccccc1. The third kappa shape index (κ3) is 2.40. The second-order valence-electron chi connectivity index (χ2n) is 5.78. The third-order valence-electron chi connectivity index (χ3n) is 4.56. The molecule has 0 aliphatic heterocycles. The van der Waals surface area contributed by atoms with Gasteiger partial charge in [0.1, 0.15) is 5.41 Å². The van der Waals surface area contributed by atoms with Crippen molar-refractivity contribution >= 4 is 28.8 Å². The van der Waals surface area contributed by atoms with Crippen LogP contribution in [0.4, 0.5) is 5.69 Å². The van der Waals surface area contributed by atoms with Crippen LogP contribution < -0.4 is 5.32 Å². The molecule has 0 fully saturated rings. The zero-order valence-corrected chi connectivity index (χ0v) is 14.8. The van der Waals surface area contributed by atoms with E-state index in [2.05, 4.69) is 5.32 Å². The number of benzene rings is 2. The normalized spacial score (nSPS) is 19.2. The first-order valence-corrected chi connectivity index (χ1v) is 8.37. The number of hydrogen-bond donors (Lipinski definition) is 1. The van der Waals surface area contributed by atoms with Crippen molar-refractivity contribution in [1.29, 1.82) is 0 Å². The minimum atomic E-state index is -0.874. The fraction of sp³-hybridized carbons (Fsp3) is 0.250. The van der Waals surface area contributed by atoms with Gasteiger partial charge in [0, 0.05) is 17.8 Å². The molecule has 4 heteroatoms. The molecular formula is C20H20ClNO2. The number of ether oxygens (including phenoxy) is 1. The molecule has 1 unspecified atom stereocenters. The molecule has 1 aliphatic carbocycles. The van der Waals surface area contributed by atoms with Gasteiger partial charge in [0.15, 0.2) is 0 Å². The predicted molar refractivity (Wildman–Crippen MR) is 98.3 cm³/mol. The summed E-state index contributed by atoms with van der Waals surface area (Å²) in [6, 6.07) is 15.6. The molecule has 1 aliphatic rings. The highest BCUT2D eigenvalue weighted by molar-refractivity contribution is 6.33. The van der Waals surface area contributed by atoms with E-state index in [1.54, 1.807) is 0 Å². The second kappa shape index (κ2) is 6.33. The molecule has 3 nitrogen and oxygen atoms in total. The molecule has 0 saturated heterocycles. The Kier molecular flexibility index (Phi) is 4.37. The summed E-state index contributed by atoms with van der Waals surface area (Å²) in [6.45, 7) is 4.13. The third-order valence-corrected chi connectivity index (χ3v) is 4.87. The number of anilines is 1. The van der Waals surface area contributed by atoms with Crippen LogP contribution in [0.2, 0.25) is 5.02 Å². The van der Waals surface area contributed by atoms with Crippen LogP contribution >= 0.6 is 11.6 Å². The number of halogens is 1. The van der Waals surface area contributed by atoms with Crippen molar-refractivity contribution in [3.05, 3.63) is 70.3 Å². The topological polar surface area (TPSA) is 38.3 Å². The van der Waals surface area contributed by atoms with Crippen LogP contribution in [0.1, 0.15) is 25.0 Å². The quantitative estimate of drug-likeness (QED) is 0.803. The smallest absolute Gasteiger partial charge is 0.325 e. The molecule has 0 saturated carbocycles. The monoisotopic (exact) mass is 341 g/mol. The van der Waals surface area contributed by atoms with Gasteiger partial charge in [0.05, 0.1) is 6.61 Å². The van der Waals surface area contributed by atoms with Gasteiger partial charge >= 0.3 is 5.97 Å². The van der Waals surface area contributed by atoms with Crippen molar-refractivity contribution in [2.24, 2.45) is 0 Å². The zero-order chi connectivity index (χ0) is 17.3. The van der Waals surface area contributed by atoms with Gasteiger partial charge in [-0.25, -0.2) is 0 Å². The highest BCUT2D eigenvalue weighted by Gasteiger charge is 2.60. The van der Waals surface area contributed by atoms with Crippen molar-refractivity contribution in [2.45, 2.75) is 19.3 Å². The molecule has 1 atom stereocenters. The number of carbonyl (C=O) groups excluding carboxylic acids is 1. The van der Waals surface area contributed by atoms with Crippen molar-refractivity contribution in [3.8, 4) is 0 Å². The summed E-state index contributed by atoms with van der Waals surface area (Å²) in [7, 11) is 1.84. The molecule has 2 aromatic carbocycles. The summed E-state index contributed by atoms with van der Waals surface area (Å²) < 4.78 is 5.40. The van der Waals surface area contributed by atoms with Gasteiger partial charge < -0.3 is 10.1 Å². The van der Waals surface area contributed by atoms with Gasteiger partial charge in [-0.3, -0.25) is 4.79 Å². The van der Waals surface area contributed by atoms with Gasteiger partial charge in [0.25, 0.3) is 0 Å². The number of esters is 1. The summed E-state index contributed by atoms with van der Waals surface area (Å²) in [5.74, 6) is -0.263. The molecule has 0 bridgehead atoms. The highest BCUT2D eigenvalue weighted by atomic mass is 35.5. The van der Waals surface area contributed by atoms with Crippen LogP contribution in [-0.4, -0.2) is 19.6 Å². The minimum Gasteiger partial charge on any atom is -0.465 e. The molecule has 1 N–H and O–H groups in total. The molecule has 0 spiro atoms. The minimum absolute atomic E-state index is 0.263. The van der Waals surface area contributed by atoms with Crippen LogP contribution in [0.3, 0.4) is 0 Å². The molecular weight excluding hydrogens is 322 g/mol. The molecule has 0 amide bonds. The van der Waals surface area contributed by atoms with E-state index in [9.17, 15) is 4.79 Å². The van der Waals surface area contributed by atoms with Crippen LogP contribution in [0.5, 0.6) is 0 Å². The first-order chi connectivity index (χ1) is 11.6.